The number of β-amino-alcohol motifs (C(OH)–C–C–N with tert-alkyl or cyclic N) is 1. The third kappa shape index (κ3) is 5.67. The van der Waals surface area contributed by atoms with Crippen molar-refractivity contribution in [3.63, 3.8) is 0 Å². The molecule has 0 aliphatic carbocycles. The van der Waals surface area contributed by atoms with Crippen LogP contribution in [0.15, 0.2) is 42.6 Å². The molecule has 8 nitrogen and oxygen atoms in total. The molecule has 0 atom stereocenters. The summed E-state index contributed by atoms with van der Waals surface area (Å²) < 4.78 is 16.7. The first kappa shape index (κ1) is 25.7. The zero-order valence-electron chi connectivity index (χ0n) is 21.3. The first-order chi connectivity index (χ1) is 18.1. The largest absolute Gasteiger partial charge is 0.497 e. The van der Waals surface area contributed by atoms with Gasteiger partial charge < -0.3 is 24.2 Å². The molecule has 1 aromatic heterocycles. The van der Waals surface area contributed by atoms with Gasteiger partial charge in [-0.15, -0.1) is 0 Å². The zero-order chi connectivity index (χ0) is 25.8. The van der Waals surface area contributed by atoms with Crippen molar-refractivity contribution in [3.8, 4) is 22.8 Å². The van der Waals surface area contributed by atoms with Crippen LogP contribution in [0, 0.1) is 0 Å². The fourth-order valence-electron chi connectivity index (χ4n) is 5.14. The van der Waals surface area contributed by atoms with Crippen LogP contribution in [0.4, 0.5) is 5.95 Å². The summed E-state index contributed by atoms with van der Waals surface area (Å²) in [6, 6.07) is 12.5. The highest BCUT2D eigenvalue weighted by molar-refractivity contribution is 6.32. The average Bonchev–Trinajstić information content (AvgIpc) is 3.34. The molecule has 0 unspecified atom stereocenters. The number of aromatic nitrogens is 2. The van der Waals surface area contributed by atoms with Crippen LogP contribution in [0.5, 0.6) is 11.5 Å². The van der Waals surface area contributed by atoms with Gasteiger partial charge in [0.2, 0.25) is 5.95 Å². The minimum atomic E-state index is 0.156. The lowest BCUT2D eigenvalue weighted by molar-refractivity contribution is 0.0837. The fourth-order valence-corrected chi connectivity index (χ4v) is 5.34. The molecule has 9 heteroatoms. The van der Waals surface area contributed by atoms with E-state index < -0.39 is 0 Å². The van der Waals surface area contributed by atoms with E-state index in [0.29, 0.717) is 43.0 Å². The number of aliphatic hydroxyl groups excluding tert-OH is 1. The Morgan fingerprint density at radius 1 is 1.08 bits per heavy atom. The van der Waals surface area contributed by atoms with E-state index in [4.69, 9.17) is 30.8 Å². The number of hydrogen-bond donors (Lipinski definition) is 1. The molecule has 0 spiro atoms. The third-order valence-electron chi connectivity index (χ3n) is 7.14. The molecule has 37 heavy (non-hydrogen) atoms. The molecule has 0 amide bonds. The number of fused-ring (bicyclic) bond motifs is 1. The van der Waals surface area contributed by atoms with E-state index in [0.717, 1.165) is 48.6 Å². The highest BCUT2D eigenvalue weighted by atomic mass is 35.5. The van der Waals surface area contributed by atoms with Crippen molar-refractivity contribution in [1.82, 2.24) is 14.9 Å². The number of halogens is 1. The highest BCUT2D eigenvalue weighted by Crippen LogP contribution is 2.34. The predicted octanol–water partition coefficient (Wildman–Crippen LogP) is 4.31. The van der Waals surface area contributed by atoms with E-state index in [-0.39, 0.29) is 12.6 Å². The van der Waals surface area contributed by atoms with Crippen molar-refractivity contribution in [2.24, 2.45) is 0 Å². The molecule has 2 aliphatic heterocycles. The smallest absolute Gasteiger partial charge is 0.226 e. The number of benzene rings is 2. The van der Waals surface area contributed by atoms with Crippen molar-refractivity contribution >= 4 is 17.5 Å². The minimum Gasteiger partial charge on any atom is -0.497 e. The van der Waals surface area contributed by atoms with Crippen LogP contribution >= 0.6 is 11.6 Å². The summed E-state index contributed by atoms with van der Waals surface area (Å²) in [6.45, 7) is 4.47. The molecular formula is C28H33ClN4O4. The number of nitrogens with zero attached hydrogens (tertiary/aromatic N) is 4. The molecule has 1 N–H and O–H groups in total. The molecule has 2 aliphatic rings. The lowest BCUT2D eigenvalue weighted by atomic mass is 10.0. The van der Waals surface area contributed by atoms with Crippen LogP contribution in [0.3, 0.4) is 0 Å². The van der Waals surface area contributed by atoms with Gasteiger partial charge in [0.1, 0.15) is 11.5 Å². The summed E-state index contributed by atoms with van der Waals surface area (Å²) in [5, 5.41) is 9.84. The van der Waals surface area contributed by atoms with Crippen molar-refractivity contribution in [3.05, 3.63) is 64.3 Å². The lowest BCUT2D eigenvalue weighted by Gasteiger charge is -2.35. The van der Waals surface area contributed by atoms with Crippen molar-refractivity contribution < 1.29 is 19.3 Å². The summed E-state index contributed by atoms with van der Waals surface area (Å²) in [5.74, 6) is 2.14. The second-order valence-corrected chi connectivity index (χ2v) is 9.84. The second-order valence-electron chi connectivity index (χ2n) is 9.43. The molecule has 0 radical (unpaired) electrons. The van der Waals surface area contributed by atoms with E-state index in [1.54, 1.807) is 20.4 Å². The van der Waals surface area contributed by atoms with Gasteiger partial charge in [0.05, 0.1) is 37.7 Å². The second kappa shape index (κ2) is 11.6. The maximum atomic E-state index is 9.33. The molecule has 2 aromatic carbocycles. The summed E-state index contributed by atoms with van der Waals surface area (Å²) in [4.78, 5) is 14.2. The van der Waals surface area contributed by atoms with Gasteiger partial charge in [-0.05, 0) is 42.2 Å². The maximum absolute atomic E-state index is 9.33. The number of anilines is 1. The van der Waals surface area contributed by atoms with Crippen LogP contribution in [0.1, 0.15) is 29.5 Å². The Labute approximate surface area is 222 Å². The predicted molar refractivity (Wildman–Crippen MR) is 143 cm³/mol. The average molecular weight is 525 g/mol. The molecule has 3 heterocycles. The Hall–Kier alpha value is -2.91. The van der Waals surface area contributed by atoms with Gasteiger partial charge in [0.25, 0.3) is 0 Å². The minimum absolute atomic E-state index is 0.156. The normalized spacial score (nSPS) is 16.0. The summed E-state index contributed by atoms with van der Waals surface area (Å²) in [6.07, 6.45) is 3.47. The standard InChI is InChI=1S/C28H33ClN4O4/c1-35-24-6-5-21(26(14-24)36-2)18-33(23-7-11-37-12-8-23)28-30-15-25(29)27(31-28)19-3-4-20-16-32(9-10-34)17-22(20)13-19/h3-6,13-15,23,34H,7-12,16-18H2,1-2H3. The first-order valence-corrected chi connectivity index (χ1v) is 13.0. The van der Waals surface area contributed by atoms with Gasteiger partial charge in [0, 0.05) is 62.6 Å². The van der Waals surface area contributed by atoms with E-state index in [1.165, 1.54) is 11.1 Å². The molecule has 3 aromatic rings. The van der Waals surface area contributed by atoms with Gasteiger partial charge in [-0.2, -0.15) is 0 Å². The third-order valence-corrected chi connectivity index (χ3v) is 7.42. The van der Waals surface area contributed by atoms with E-state index in [2.05, 4.69) is 33.0 Å². The Kier molecular flexibility index (Phi) is 8.10. The van der Waals surface area contributed by atoms with Crippen molar-refractivity contribution in [1.29, 1.82) is 0 Å². The van der Waals surface area contributed by atoms with Gasteiger partial charge in [-0.25, -0.2) is 9.97 Å². The van der Waals surface area contributed by atoms with Crippen LogP contribution in [0.25, 0.3) is 11.3 Å². The number of rotatable bonds is 9. The summed E-state index contributed by atoms with van der Waals surface area (Å²) >= 11 is 6.65. The Morgan fingerprint density at radius 3 is 2.65 bits per heavy atom. The first-order valence-electron chi connectivity index (χ1n) is 12.6. The quantitative estimate of drug-likeness (QED) is 0.443. The molecule has 0 bridgehead atoms. The van der Waals surface area contributed by atoms with Crippen LogP contribution in [-0.2, 0) is 24.4 Å². The van der Waals surface area contributed by atoms with E-state index in [1.807, 2.05) is 18.2 Å². The monoisotopic (exact) mass is 524 g/mol. The van der Waals surface area contributed by atoms with E-state index >= 15 is 0 Å². The lowest BCUT2D eigenvalue weighted by Crippen LogP contribution is -2.40. The maximum Gasteiger partial charge on any atom is 0.226 e. The summed E-state index contributed by atoms with van der Waals surface area (Å²) in [7, 11) is 3.32. The number of aliphatic hydroxyl groups is 1. The molecule has 0 saturated carbocycles. The summed E-state index contributed by atoms with van der Waals surface area (Å²) in [5.41, 5.74) is 5.22. The SMILES string of the molecule is COc1ccc(CN(c2ncc(Cl)c(-c3ccc4c(c3)CN(CCO)C4)n2)C2CCOCC2)c(OC)c1. The molecule has 1 saturated heterocycles. The molecule has 1 fully saturated rings. The van der Waals surface area contributed by atoms with Crippen molar-refractivity contribution in [2.45, 2.75) is 38.5 Å². The Morgan fingerprint density at radius 2 is 1.89 bits per heavy atom. The number of hydrogen-bond acceptors (Lipinski definition) is 8. The van der Waals surface area contributed by atoms with Gasteiger partial charge in [-0.1, -0.05) is 23.7 Å². The topological polar surface area (TPSA) is 80.2 Å². The zero-order valence-corrected chi connectivity index (χ0v) is 22.1. The molecular weight excluding hydrogens is 492 g/mol. The Balaban J connectivity index is 1.49. The van der Waals surface area contributed by atoms with Gasteiger partial charge in [-0.3, -0.25) is 4.90 Å². The van der Waals surface area contributed by atoms with Crippen LogP contribution < -0.4 is 14.4 Å². The Bertz CT molecular complexity index is 1230. The fraction of sp³-hybridized carbons (Fsp3) is 0.429. The molecule has 5 rings (SSSR count). The van der Waals surface area contributed by atoms with Crippen LogP contribution in [-0.4, -0.2) is 66.6 Å². The van der Waals surface area contributed by atoms with E-state index in [9.17, 15) is 5.11 Å². The molecule has 196 valence electrons. The van der Waals surface area contributed by atoms with Gasteiger partial charge >= 0.3 is 0 Å². The highest BCUT2D eigenvalue weighted by Gasteiger charge is 2.27. The van der Waals surface area contributed by atoms with Gasteiger partial charge in [0.15, 0.2) is 0 Å². The number of ether oxygens (including phenoxy) is 3. The van der Waals surface area contributed by atoms with Crippen LogP contribution in [0.2, 0.25) is 5.02 Å². The van der Waals surface area contributed by atoms with Crippen molar-refractivity contribution in [2.75, 3.05) is 45.5 Å². The number of methoxy groups -OCH3 is 2.